The summed E-state index contributed by atoms with van der Waals surface area (Å²) in [5, 5.41) is 9.10. The first kappa shape index (κ1) is 22.4. The Bertz CT molecular complexity index is 1460. The zero-order valence-electron chi connectivity index (χ0n) is 17.3. The molecule has 0 radical (unpaired) electrons. The second-order valence-electron chi connectivity index (χ2n) is 6.84. The van der Waals surface area contributed by atoms with Gasteiger partial charge in [0.15, 0.2) is 11.4 Å². The Morgan fingerprint density at radius 1 is 1.12 bits per heavy atom. The molecule has 1 heterocycles. The van der Waals surface area contributed by atoms with Crippen molar-refractivity contribution in [2.24, 2.45) is 0 Å². The van der Waals surface area contributed by atoms with Gasteiger partial charge in [0.2, 0.25) is 0 Å². The number of sulfonamides is 1. The zero-order valence-corrected chi connectivity index (χ0v) is 18.9. The summed E-state index contributed by atoms with van der Waals surface area (Å²) in [7, 11) is -2.31. The summed E-state index contributed by atoms with van der Waals surface area (Å²) in [6.45, 7) is 0. The number of carbonyl (C=O) groups excluding carboxylic acids is 1. The molecule has 0 atom stereocenters. The Kier molecular flexibility index (Phi) is 6.35. The van der Waals surface area contributed by atoms with E-state index in [2.05, 4.69) is 9.71 Å². The van der Waals surface area contributed by atoms with Gasteiger partial charge < -0.3 is 9.15 Å². The molecule has 0 aliphatic carbocycles. The van der Waals surface area contributed by atoms with Crippen LogP contribution in [0.4, 0.5) is 5.69 Å². The van der Waals surface area contributed by atoms with Crippen LogP contribution in [0.3, 0.4) is 0 Å². The molecular weight excluding hydrogens is 462 g/mol. The average Bonchev–Trinajstić information content (AvgIpc) is 3.25. The molecule has 0 aliphatic rings. The minimum absolute atomic E-state index is 0.0318. The van der Waals surface area contributed by atoms with Crippen molar-refractivity contribution in [1.82, 2.24) is 4.98 Å². The van der Waals surface area contributed by atoms with Crippen molar-refractivity contribution < 1.29 is 22.4 Å². The highest BCUT2D eigenvalue weighted by Crippen LogP contribution is 2.27. The van der Waals surface area contributed by atoms with Gasteiger partial charge in [0.25, 0.3) is 15.2 Å². The van der Waals surface area contributed by atoms with Gasteiger partial charge in [0.05, 0.1) is 29.4 Å². The summed E-state index contributed by atoms with van der Waals surface area (Å²) in [5.41, 5.74) is 2.13. The fourth-order valence-corrected chi connectivity index (χ4v) is 4.74. The van der Waals surface area contributed by atoms with Gasteiger partial charge in [0.1, 0.15) is 11.3 Å². The van der Waals surface area contributed by atoms with Gasteiger partial charge in [-0.3, -0.25) is 9.52 Å². The summed E-state index contributed by atoms with van der Waals surface area (Å²) in [6.07, 6.45) is 0. The van der Waals surface area contributed by atoms with Crippen molar-refractivity contribution in [3.05, 3.63) is 77.9 Å². The van der Waals surface area contributed by atoms with Crippen molar-refractivity contribution in [2.75, 3.05) is 17.6 Å². The van der Waals surface area contributed by atoms with Crippen molar-refractivity contribution in [3.63, 3.8) is 0 Å². The Morgan fingerprint density at radius 3 is 2.52 bits per heavy atom. The molecule has 0 aliphatic heterocycles. The fraction of sp³-hybridized carbons (Fsp3) is 0.0870. The molecule has 1 aromatic heterocycles. The van der Waals surface area contributed by atoms with Crippen LogP contribution in [-0.4, -0.2) is 32.0 Å². The van der Waals surface area contributed by atoms with Crippen LogP contribution in [0.1, 0.15) is 15.9 Å². The quantitative estimate of drug-likeness (QED) is 0.290. The Labute approximate surface area is 194 Å². The molecule has 33 heavy (non-hydrogen) atoms. The number of thioether (sulfide) groups is 1. The third-order valence-electron chi connectivity index (χ3n) is 4.65. The lowest BCUT2D eigenvalue weighted by Crippen LogP contribution is -2.12. The van der Waals surface area contributed by atoms with Gasteiger partial charge in [-0.05, 0) is 54.6 Å². The maximum atomic E-state index is 12.8. The molecule has 0 unspecified atom stereocenters. The molecule has 0 spiro atoms. The number of methoxy groups -OCH3 is 1. The standard InChI is InChI=1S/C23H17N3O5S2/c1-30-18-8-6-17(7-9-18)26-33(28,29)19-10-11-22-20(12-19)25-23(31-22)32-14-21(27)16-4-2-15(13-24)3-5-16/h2-12,26H,14H2,1H3. The first-order valence-corrected chi connectivity index (χ1v) is 12.1. The number of oxazole rings is 1. The van der Waals surface area contributed by atoms with E-state index in [1.165, 1.54) is 25.3 Å². The number of Topliss-reactive ketones (excluding diaryl/α,β-unsaturated/α-hetero) is 1. The zero-order chi connectivity index (χ0) is 23.4. The predicted molar refractivity (Wildman–Crippen MR) is 124 cm³/mol. The number of ether oxygens (including phenoxy) is 1. The minimum atomic E-state index is -3.84. The lowest BCUT2D eigenvalue weighted by Gasteiger charge is -2.08. The second kappa shape index (κ2) is 9.36. The number of anilines is 1. The lowest BCUT2D eigenvalue weighted by molar-refractivity contribution is 0.102. The van der Waals surface area contributed by atoms with Crippen LogP contribution < -0.4 is 9.46 Å². The SMILES string of the molecule is COc1ccc(NS(=O)(=O)c2ccc3oc(SCC(=O)c4ccc(C#N)cc4)nc3c2)cc1. The number of aromatic nitrogens is 1. The first-order chi connectivity index (χ1) is 15.9. The van der Waals surface area contributed by atoms with Crippen LogP contribution in [0.25, 0.3) is 11.1 Å². The monoisotopic (exact) mass is 479 g/mol. The highest BCUT2D eigenvalue weighted by molar-refractivity contribution is 7.99. The second-order valence-corrected chi connectivity index (χ2v) is 9.45. The number of nitriles is 1. The van der Waals surface area contributed by atoms with Crippen molar-refractivity contribution in [2.45, 2.75) is 10.1 Å². The molecular formula is C23H17N3O5S2. The Morgan fingerprint density at radius 2 is 1.85 bits per heavy atom. The van der Waals surface area contributed by atoms with Crippen LogP contribution in [0, 0.1) is 11.3 Å². The molecule has 4 aromatic rings. The van der Waals surface area contributed by atoms with Crippen molar-refractivity contribution in [3.8, 4) is 11.8 Å². The van der Waals surface area contributed by atoms with Gasteiger partial charge >= 0.3 is 0 Å². The fourth-order valence-electron chi connectivity index (χ4n) is 2.93. The Balaban J connectivity index is 1.47. The highest BCUT2D eigenvalue weighted by atomic mass is 32.2. The van der Waals surface area contributed by atoms with E-state index >= 15 is 0 Å². The van der Waals surface area contributed by atoms with E-state index in [4.69, 9.17) is 14.4 Å². The van der Waals surface area contributed by atoms with Gasteiger partial charge in [-0.25, -0.2) is 13.4 Å². The van der Waals surface area contributed by atoms with Gasteiger partial charge in [-0.1, -0.05) is 23.9 Å². The summed E-state index contributed by atoms with van der Waals surface area (Å²) in [5.74, 6) is 0.562. The first-order valence-electron chi connectivity index (χ1n) is 9.61. The maximum absolute atomic E-state index is 12.8. The summed E-state index contributed by atoms with van der Waals surface area (Å²) in [6, 6.07) is 19.2. The van der Waals surface area contributed by atoms with Crippen molar-refractivity contribution >= 4 is 44.4 Å². The molecule has 8 nitrogen and oxygen atoms in total. The van der Waals surface area contributed by atoms with Gasteiger partial charge in [0, 0.05) is 11.3 Å². The largest absolute Gasteiger partial charge is 0.497 e. The molecule has 1 N–H and O–H groups in total. The summed E-state index contributed by atoms with van der Waals surface area (Å²) < 4.78 is 38.7. The number of benzene rings is 3. The molecule has 0 amide bonds. The van der Waals surface area contributed by atoms with E-state index in [1.54, 1.807) is 48.5 Å². The molecule has 0 saturated heterocycles. The predicted octanol–water partition coefficient (Wildman–Crippen LogP) is 4.48. The van der Waals surface area contributed by atoms with Gasteiger partial charge in [-0.2, -0.15) is 5.26 Å². The van der Waals surface area contributed by atoms with E-state index in [1.807, 2.05) is 6.07 Å². The number of ketones is 1. The Hall–Kier alpha value is -3.81. The molecule has 0 bridgehead atoms. The van der Waals surface area contributed by atoms with Crippen LogP contribution in [0.15, 0.2) is 81.3 Å². The minimum Gasteiger partial charge on any atom is -0.497 e. The normalized spacial score (nSPS) is 11.2. The number of hydrogen-bond donors (Lipinski definition) is 1. The molecule has 0 fully saturated rings. The third kappa shape index (κ3) is 5.16. The molecule has 10 heteroatoms. The van der Waals surface area contributed by atoms with Crippen LogP contribution in [0.2, 0.25) is 0 Å². The smallest absolute Gasteiger partial charge is 0.261 e. The summed E-state index contributed by atoms with van der Waals surface area (Å²) >= 11 is 1.11. The van der Waals surface area contributed by atoms with E-state index < -0.39 is 10.0 Å². The summed E-state index contributed by atoms with van der Waals surface area (Å²) in [4.78, 5) is 16.7. The number of nitrogens with one attached hydrogen (secondary N) is 1. The highest BCUT2D eigenvalue weighted by Gasteiger charge is 2.18. The van der Waals surface area contributed by atoms with Crippen molar-refractivity contribution in [1.29, 1.82) is 5.26 Å². The molecule has 166 valence electrons. The maximum Gasteiger partial charge on any atom is 0.261 e. The van der Waals surface area contributed by atoms with E-state index in [9.17, 15) is 13.2 Å². The number of fused-ring (bicyclic) bond motifs is 1. The molecule has 4 rings (SSSR count). The number of carbonyl (C=O) groups is 1. The number of hydrogen-bond acceptors (Lipinski definition) is 8. The molecule has 3 aromatic carbocycles. The number of rotatable bonds is 8. The van der Waals surface area contributed by atoms with Crippen LogP contribution in [0.5, 0.6) is 5.75 Å². The van der Waals surface area contributed by atoms with Crippen LogP contribution >= 0.6 is 11.8 Å². The van der Waals surface area contributed by atoms with Crippen LogP contribution in [-0.2, 0) is 10.0 Å². The average molecular weight is 480 g/mol. The van der Waals surface area contributed by atoms with E-state index in [0.717, 1.165) is 11.8 Å². The third-order valence-corrected chi connectivity index (χ3v) is 6.86. The van der Waals surface area contributed by atoms with E-state index in [0.29, 0.717) is 33.7 Å². The topological polar surface area (TPSA) is 122 Å². The van der Waals surface area contributed by atoms with E-state index in [-0.39, 0.29) is 21.7 Å². The number of nitrogens with zero attached hydrogens (tertiary/aromatic N) is 2. The van der Waals surface area contributed by atoms with Gasteiger partial charge in [-0.15, -0.1) is 0 Å². The molecule has 0 saturated carbocycles. The lowest BCUT2D eigenvalue weighted by atomic mass is 10.1.